The van der Waals surface area contributed by atoms with Crippen molar-refractivity contribution in [3.63, 3.8) is 0 Å². The summed E-state index contributed by atoms with van der Waals surface area (Å²) in [6.07, 6.45) is 0.233. The summed E-state index contributed by atoms with van der Waals surface area (Å²) in [5, 5.41) is 0.586. The fourth-order valence-corrected chi connectivity index (χ4v) is 1.97. The van der Waals surface area contributed by atoms with Crippen molar-refractivity contribution in [3.8, 4) is 5.75 Å². The molecule has 6 heteroatoms. The van der Waals surface area contributed by atoms with Gasteiger partial charge in [-0.2, -0.15) is 0 Å². The molecule has 0 heterocycles. The van der Waals surface area contributed by atoms with Gasteiger partial charge < -0.3 is 14.4 Å². The van der Waals surface area contributed by atoms with Crippen LogP contribution in [0.15, 0.2) is 24.3 Å². The number of carbonyl (C=O) groups excluding carboxylic acids is 2. The van der Waals surface area contributed by atoms with Crippen molar-refractivity contribution in [2.24, 2.45) is 5.92 Å². The maximum Gasteiger partial charge on any atom is 0.310 e. The molecule has 0 fully saturated rings. The number of carbonyl (C=O) groups is 2. The van der Waals surface area contributed by atoms with Crippen LogP contribution >= 0.6 is 11.6 Å². The predicted octanol–water partition coefficient (Wildman–Crippen LogP) is 2.38. The van der Waals surface area contributed by atoms with Gasteiger partial charge in [-0.3, -0.25) is 9.59 Å². The maximum atomic E-state index is 11.9. The molecule has 0 aliphatic heterocycles. The van der Waals surface area contributed by atoms with Crippen molar-refractivity contribution in [1.82, 2.24) is 4.90 Å². The van der Waals surface area contributed by atoms with Gasteiger partial charge in [0.2, 0.25) is 5.91 Å². The number of halogens is 1. The highest BCUT2D eigenvalue weighted by Gasteiger charge is 2.18. The number of methoxy groups -OCH3 is 1. The van der Waals surface area contributed by atoms with E-state index in [1.807, 2.05) is 0 Å². The molecule has 116 valence electrons. The lowest BCUT2D eigenvalue weighted by molar-refractivity contribution is -0.146. The van der Waals surface area contributed by atoms with E-state index >= 15 is 0 Å². The van der Waals surface area contributed by atoms with Gasteiger partial charge in [-0.1, -0.05) is 24.6 Å². The Hall–Kier alpha value is -1.75. The average molecular weight is 314 g/mol. The van der Waals surface area contributed by atoms with E-state index in [0.717, 1.165) is 0 Å². The largest absolute Gasteiger partial charge is 0.493 e. The highest BCUT2D eigenvalue weighted by Crippen LogP contribution is 2.17. The third kappa shape index (κ3) is 6.04. The lowest BCUT2D eigenvalue weighted by Gasteiger charge is -2.20. The van der Waals surface area contributed by atoms with Crippen molar-refractivity contribution >= 4 is 23.5 Å². The Morgan fingerprint density at radius 3 is 2.71 bits per heavy atom. The van der Waals surface area contributed by atoms with Crippen molar-refractivity contribution in [2.45, 2.75) is 13.3 Å². The van der Waals surface area contributed by atoms with E-state index in [9.17, 15) is 9.59 Å². The third-order valence-electron chi connectivity index (χ3n) is 2.96. The van der Waals surface area contributed by atoms with Gasteiger partial charge in [0.15, 0.2) is 0 Å². The molecule has 0 aromatic heterocycles. The van der Waals surface area contributed by atoms with Gasteiger partial charge in [0.05, 0.1) is 26.1 Å². The molecule has 0 saturated carbocycles. The minimum atomic E-state index is -0.349. The van der Waals surface area contributed by atoms with Crippen molar-refractivity contribution in [1.29, 1.82) is 0 Å². The number of hydrogen-bond acceptors (Lipinski definition) is 4. The first-order valence-electron chi connectivity index (χ1n) is 6.64. The molecule has 0 aliphatic carbocycles. The van der Waals surface area contributed by atoms with Crippen molar-refractivity contribution in [2.75, 3.05) is 27.3 Å². The van der Waals surface area contributed by atoms with Crippen LogP contribution in [0.2, 0.25) is 5.02 Å². The summed E-state index contributed by atoms with van der Waals surface area (Å²) in [6, 6.07) is 7.00. The molecule has 1 aromatic carbocycles. The predicted molar refractivity (Wildman–Crippen MR) is 80.4 cm³/mol. The summed E-state index contributed by atoms with van der Waals surface area (Å²) in [6.45, 7) is 2.30. The summed E-state index contributed by atoms with van der Waals surface area (Å²) in [4.78, 5) is 24.7. The molecule has 1 rings (SSSR count). The van der Waals surface area contributed by atoms with E-state index < -0.39 is 0 Å². The van der Waals surface area contributed by atoms with Gasteiger partial charge >= 0.3 is 5.97 Å². The van der Waals surface area contributed by atoms with E-state index in [-0.39, 0.29) is 30.8 Å². The summed E-state index contributed by atoms with van der Waals surface area (Å²) in [5.74, 6) is -0.142. The summed E-state index contributed by atoms with van der Waals surface area (Å²) in [5.41, 5.74) is 0. The van der Waals surface area contributed by atoms with E-state index in [1.54, 1.807) is 38.2 Å². The topological polar surface area (TPSA) is 55.8 Å². The van der Waals surface area contributed by atoms with Crippen LogP contribution in [-0.4, -0.2) is 44.1 Å². The van der Waals surface area contributed by atoms with Crippen LogP contribution in [0.5, 0.6) is 5.75 Å². The minimum Gasteiger partial charge on any atom is -0.493 e. The van der Waals surface area contributed by atoms with Crippen molar-refractivity contribution in [3.05, 3.63) is 29.3 Å². The van der Waals surface area contributed by atoms with E-state index in [0.29, 0.717) is 17.3 Å². The first kappa shape index (κ1) is 17.3. The summed E-state index contributed by atoms with van der Waals surface area (Å²) in [7, 11) is 2.99. The van der Waals surface area contributed by atoms with Crippen LogP contribution in [0.1, 0.15) is 13.3 Å². The third-order valence-corrected chi connectivity index (χ3v) is 3.19. The van der Waals surface area contributed by atoms with Gasteiger partial charge in [0.25, 0.3) is 0 Å². The van der Waals surface area contributed by atoms with Gasteiger partial charge in [-0.25, -0.2) is 0 Å². The second-order valence-corrected chi connectivity index (χ2v) is 5.19. The Bertz CT molecular complexity index is 492. The molecule has 1 aromatic rings. The number of ether oxygens (including phenoxy) is 2. The van der Waals surface area contributed by atoms with Crippen LogP contribution in [0.3, 0.4) is 0 Å². The molecule has 0 aliphatic rings. The van der Waals surface area contributed by atoms with Gasteiger partial charge in [-0.15, -0.1) is 0 Å². The number of nitrogens with zero attached hydrogens (tertiary/aromatic N) is 1. The number of hydrogen-bond donors (Lipinski definition) is 0. The molecule has 1 atom stereocenters. The first-order valence-corrected chi connectivity index (χ1v) is 7.02. The molecule has 1 unspecified atom stereocenters. The molecule has 0 spiro atoms. The van der Waals surface area contributed by atoms with Crippen LogP contribution in [-0.2, 0) is 14.3 Å². The second-order valence-electron chi connectivity index (χ2n) is 4.75. The Labute approximate surface area is 129 Å². The lowest BCUT2D eigenvalue weighted by atomic mass is 10.1. The van der Waals surface area contributed by atoms with E-state index in [4.69, 9.17) is 16.3 Å². The quantitative estimate of drug-likeness (QED) is 0.725. The fraction of sp³-hybridized carbons (Fsp3) is 0.467. The lowest BCUT2D eigenvalue weighted by Crippen LogP contribution is -2.34. The molecule has 5 nitrogen and oxygen atoms in total. The second kappa shape index (κ2) is 8.52. The number of rotatable bonds is 7. The smallest absolute Gasteiger partial charge is 0.310 e. The Morgan fingerprint density at radius 1 is 1.38 bits per heavy atom. The highest BCUT2D eigenvalue weighted by atomic mass is 35.5. The van der Waals surface area contributed by atoms with E-state index in [1.165, 1.54) is 12.0 Å². The zero-order valence-electron chi connectivity index (χ0n) is 12.5. The Balaban J connectivity index is 2.34. The zero-order valence-corrected chi connectivity index (χ0v) is 13.2. The summed E-state index contributed by atoms with van der Waals surface area (Å²) >= 11 is 5.84. The van der Waals surface area contributed by atoms with Gasteiger partial charge in [-0.05, 0) is 18.2 Å². The van der Waals surface area contributed by atoms with Gasteiger partial charge in [0, 0.05) is 18.6 Å². The molecule has 0 N–H and O–H groups in total. The average Bonchev–Trinajstić information content (AvgIpc) is 2.46. The standard InChI is InChI=1S/C15H20ClNO4/c1-11(15(19)20-3)10-17(2)14(18)7-8-21-13-6-4-5-12(16)9-13/h4-6,9,11H,7-8,10H2,1-3H3. The Kier molecular flexibility index (Phi) is 7.02. The number of esters is 1. The molecule has 0 bridgehead atoms. The molecule has 21 heavy (non-hydrogen) atoms. The molecular formula is C15H20ClNO4. The van der Waals surface area contributed by atoms with E-state index in [2.05, 4.69) is 4.74 Å². The molecule has 0 radical (unpaired) electrons. The molecule has 0 saturated heterocycles. The van der Waals surface area contributed by atoms with Crippen LogP contribution in [0.25, 0.3) is 0 Å². The fourth-order valence-electron chi connectivity index (χ4n) is 1.79. The zero-order chi connectivity index (χ0) is 15.8. The maximum absolute atomic E-state index is 11.9. The minimum absolute atomic E-state index is 0.0900. The SMILES string of the molecule is COC(=O)C(C)CN(C)C(=O)CCOc1cccc(Cl)c1. The number of amides is 1. The van der Waals surface area contributed by atoms with Gasteiger partial charge in [0.1, 0.15) is 5.75 Å². The molecular weight excluding hydrogens is 294 g/mol. The van der Waals surface area contributed by atoms with Crippen LogP contribution in [0, 0.1) is 5.92 Å². The highest BCUT2D eigenvalue weighted by molar-refractivity contribution is 6.30. The number of benzene rings is 1. The van der Waals surface area contributed by atoms with Crippen LogP contribution in [0.4, 0.5) is 0 Å². The normalized spacial score (nSPS) is 11.6. The first-order chi connectivity index (χ1) is 9.93. The van der Waals surface area contributed by atoms with Crippen molar-refractivity contribution < 1.29 is 19.1 Å². The van der Waals surface area contributed by atoms with Crippen LogP contribution < -0.4 is 4.74 Å². The molecule has 1 amide bonds. The summed E-state index contributed by atoms with van der Waals surface area (Å²) < 4.78 is 10.1. The Morgan fingerprint density at radius 2 is 2.10 bits per heavy atom. The monoisotopic (exact) mass is 313 g/mol.